The minimum absolute atomic E-state index is 0.0826. The van der Waals surface area contributed by atoms with Crippen LogP contribution >= 0.6 is 34.8 Å². The first-order valence-corrected chi connectivity index (χ1v) is 11.7. The van der Waals surface area contributed by atoms with Crippen molar-refractivity contribution < 1.29 is 19.1 Å². The average Bonchev–Trinajstić information content (AvgIpc) is 2.77. The van der Waals surface area contributed by atoms with Gasteiger partial charge in [-0.15, -0.1) is 0 Å². The van der Waals surface area contributed by atoms with E-state index < -0.39 is 15.8 Å². The molecule has 0 spiro atoms. The summed E-state index contributed by atoms with van der Waals surface area (Å²) in [5, 5.41) is 2.74. The molecule has 1 N–H and O–H groups in total. The fraction of sp³-hybridized carbons (Fsp3) is 0.500. The van der Waals surface area contributed by atoms with E-state index in [-0.39, 0.29) is 17.5 Å². The van der Waals surface area contributed by atoms with Crippen molar-refractivity contribution in [3.8, 4) is 5.75 Å². The third-order valence-corrected chi connectivity index (χ3v) is 7.54. The van der Waals surface area contributed by atoms with Crippen LogP contribution < -0.4 is 10.1 Å². The number of rotatable bonds is 3. The highest BCUT2D eigenvalue weighted by molar-refractivity contribution is 6.76. The second-order valence-electron chi connectivity index (χ2n) is 8.64. The molecule has 170 valence electrons. The van der Waals surface area contributed by atoms with E-state index in [0.29, 0.717) is 12.0 Å². The molecule has 7 rings (SSSR count). The van der Waals surface area contributed by atoms with Crippen LogP contribution in [-0.2, 0) is 9.53 Å². The Morgan fingerprint density at radius 1 is 1.34 bits per heavy atom. The number of piperidine rings is 3. The van der Waals surface area contributed by atoms with Crippen molar-refractivity contribution in [1.29, 1.82) is 0 Å². The Hall–Kier alpha value is -1.64. The summed E-state index contributed by atoms with van der Waals surface area (Å²) in [5.41, 5.74) is 1.67. The van der Waals surface area contributed by atoms with Crippen LogP contribution in [0.1, 0.15) is 37.9 Å². The van der Waals surface area contributed by atoms with Crippen LogP contribution in [0.25, 0.3) is 10.9 Å². The second-order valence-corrected chi connectivity index (χ2v) is 10.9. The summed E-state index contributed by atoms with van der Waals surface area (Å²) in [5.74, 6) is -0.240. The molecule has 6 heterocycles. The maximum absolute atomic E-state index is 12.1. The summed E-state index contributed by atoms with van der Waals surface area (Å²) >= 11 is 16.4. The van der Waals surface area contributed by atoms with Crippen molar-refractivity contribution in [3.05, 3.63) is 36.0 Å². The zero-order valence-corrected chi connectivity index (χ0v) is 19.6. The van der Waals surface area contributed by atoms with E-state index in [1.807, 2.05) is 11.4 Å². The molecule has 1 aromatic heterocycles. The van der Waals surface area contributed by atoms with Crippen LogP contribution in [0.4, 0.5) is 4.79 Å². The zero-order chi connectivity index (χ0) is 22.7. The standard InChI is InChI=1S/C22H22Cl3N3O4/c1-2-21-11-28-8-6-12(21)9-17(28)18(32-21)14-5-7-26-16-4-3-13(10-15(14)16)31-20(30)27-19(29)22(23,24)25/h3-5,7,10,12,17-18H,2,6,8-9,11H2,1H3,(H,27,29,30)/t12-,17+,18-,21-/m0/s1. The van der Waals surface area contributed by atoms with E-state index >= 15 is 0 Å². The predicted molar refractivity (Wildman–Crippen MR) is 121 cm³/mol. The SMILES string of the molecule is CC[C@]12CN3CC[C@H]1C[C@@H]3[C@H](c1ccnc3ccc(OC(=O)NC(=O)C(Cl)(Cl)Cl)cc13)O2. The highest BCUT2D eigenvalue weighted by Gasteiger charge is 2.58. The molecule has 5 aliphatic heterocycles. The van der Waals surface area contributed by atoms with Crippen LogP contribution in [0.3, 0.4) is 0 Å². The molecule has 4 bridgehead atoms. The normalized spacial score (nSPS) is 31.0. The number of carbonyl (C=O) groups excluding carboxylic acids is 2. The minimum Gasteiger partial charge on any atom is -0.410 e. The van der Waals surface area contributed by atoms with Crippen molar-refractivity contribution in [3.63, 3.8) is 0 Å². The molecule has 1 aromatic carbocycles. The third kappa shape index (κ3) is 3.74. The Labute approximate surface area is 200 Å². The fourth-order valence-electron chi connectivity index (χ4n) is 5.48. The number of halogens is 3. The van der Waals surface area contributed by atoms with E-state index in [1.54, 1.807) is 24.4 Å². The van der Waals surface area contributed by atoms with Crippen LogP contribution in [0, 0.1) is 5.92 Å². The van der Waals surface area contributed by atoms with Crippen molar-refractivity contribution >= 4 is 57.7 Å². The van der Waals surface area contributed by atoms with Gasteiger partial charge in [0, 0.05) is 24.2 Å². The third-order valence-electron chi connectivity index (χ3n) is 7.02. The number of alkyl halides is 3. The molecule has 5 atom stereocenters. The van der Waals surface area contributed by atoms with Gasteiger partial charge in [0.1, 0.15) is 5.75 Å². The molecule has 2 aromatic rings. The Kier molecular flexibility index (Phi) is 5.54. The predicted octanol–water partition coefficient (Wildman–Crippen LogP) is 4.53. The number of imide groups is 1. The lowest BCUT2D eigenvalue weighted by Crippen LogP contribution is -2.70. The van der Waals surface area contributed by atoms with Crippen molar-refractivity contribution in [2.75, 3.05) is 13.1 Å². The van der Waals surface area contributed by atoms with Crippen molar-refractivity contribution in [2.45, 2.75) is 47.7 Å². The largest absolute Gasteiger partial charge is 0.419 e. The van der Waals surface area contributed by atoms with Crippen LogP contribution in [0.2, 0.25) is 0 Å². The fourth-order valence-corrected chi connectivity index (χ4v) is 5.62. The Morgan fingerprint density at radius 2 is 2.16 bits per heavy atom. The molecule has 5 aliphatic rings. The number of benzene rings is 1. The quantitative estimate of drug-likeness (QED) is 0.626. The Balaban J connectivity index is 1.44. The van der Waals surface area contributed by atoms with Gasteiger partial charge < -0.3 is 9.47 Å². The summed E-state index contributed by atoms with van der Waals surface area (Å²) in [6.45, 7) is 4.29. The first kappa shape index (κ1) is 22.2. The number of hydrogen-bond acceptors (Lipinski definition) is 6. The van der Waals surface area contributed by atoms with E-state index in [4.69, 9.17) is 44.3 Å². The smallest absolute Gasteiger partial charge is 0.410 e. The summed E-state index contributed by atoms with van der Waals surface area (Å²) in [6, 6.07) is 7.39. The van der Waals surface area contributed by atoms with Gasteiger partial charge in [0.05, 0.1) is 17.2 Å². The lowest BCUT2D eigenvalue weighted by molar-refractivity contribution is -0.274. The lowest BCUT2D eigenvalue weighted by Gasteiger charge is -2.64. The van der Waals surface area contributed by atoms with Gasteiger partial charge in [-0.05, 0) is 61.6 Å². The van der Waals surface area contributed by atoms with Crippen molar-refractivity contribution in [1.82, 2.24) is 15.2 Å². The Morgan fingerprint density at radius 3 is 2.84 bits per heavy atom. The topological polar surface area (TPSA) is 80.8 Å². The molecule has 0 aliphatic carbocycles. The van der Waals surface area contributed by atoms with Gasteiger partial charge in [0.2, 0.25) is 0 Å². The summed E-state index contributed by atoms with van der Waals surface area (Å²) in [6.07, 6.45) is 3.95. The first-order valence-electron chi connectivity index (χ1n) is 10.6. The van der Waals surface area contributed by atoms with Crippen LogP contribution in [-0.4, -0.2) is 50.4 Å². The van der Waals surface area contributed by atoms with Gasteiger partial charge in [0.15, 0.2) is 0 Å². The molecule has 0 saturated carbocycles. The van der Waals surface area contributed by atoms with E-state index in [2.05, 4.69) is 16.8 Å². The van der Waals surface area contributed by atoms with Crippen LogP contribution in [0.15, 0.2) is 30.5 Å². The minimum atomic E-state index is -2.26. The molecule has 32 heavy (non-hydrogen) atoms. The number of fused-ring (bicyclic) bond motifs is 3. The summed E-state index contributed by atoms with van der Waals surface area (Å²) < 4.78 is 9.78. The highest BCUT2D eigenvalue weighted by atomic mass is 35.6. The van der Waals surface area contributed by atoms with Gasteiger partial charge in [-0.3, -0.25) is 20.0 Å². The maximum Gasteiger partial charge on any atom is 0.419 e. The van der Waals surface area contributed by atoms with Crippen molar-refractivity contribution in [2.24, 2.45) is 5.92 Å². The number of nitrogens with zero attached hydrogens (tertiary/aromatic N) is 2. The molecule has 0 radical (unpaired) electrons. The van der Waals surface area contributed by atoms with Crippen LogP contribution in [0.5, 0.6) is 5.75 Å². The molecule has 1 unspecified atom stereocenters. The second kappa shape index (κ2) is 7.99. The number of ether oxygens (including phenoxy) is 2. The van der Waals surface area contributed by atoms with Gasteiger partial charge >= 0.3 is 6.09 Å². The number of amides is 2. The molecular weight excluding hydrogens is 477 g/mol. The molecule has 10 heteroatoms. The summed E-state index contributed by atoms with van der Waals surface area (Å²) in [4.78, 5) is 30.8. The van der Waals surface area contributed by atoms with Gasteiger partial charge in [0.25, 0.3) is 9.70 Å². The number of hydrogen-bond donors (Lipinski definition) is 1. The Bertz CT molecular complexity index is 1090. The number of morpholine rings is 1. The lowest BCUT2D eigenvalue weighted by atomic mass is 9.66. The number of carbonyl (C=O) groups is 2. The van der Waals surface area contributed by atoms with E-state index in [1.165, 1.54) is 6.42 Å². The molecule has 7 nitrogen and oxygen atoms in total. The zero-order valence-electron chi connectivity index (χ0n) is 17.3. The van der Waals surface area contributed by atoms with Gasteiger partial charge in [-0.25, -0.2) is 4.79 Å². The molecule has 2 amide bonds. The van der Waals surface area contributed by atoms with Gasteiger partial charge in [-0.2, -0.15) is 0 Å². The van der Waals surface area contributed by atoms with Gasteiger partial charge in [-0.1, -0.05) is 41.7 Å². The van der Waals surface area contributed by atoms with E-state index in [9.17, 15) is 9.59 Å². The average molecular weight is 499 g/mol. The molecule has 5 fully saturated rings. The number of aromatic nitrogens is 1. The van der Waals surface area contributed by atoms with E-state index in [0.717, 1.165) is 42.4 Å². The molecular formula is C22H22Cl3N3O4. The number of pyridine rings is 1. The molecule has 5 saturated heterocycles. The monoisotopic (exact) mass is 497 g/mol. The number of nitrogens with one attached hydrogen (secondary N) is 1. The maximum atomic E-state index is 12.1. The summed E-state index contributed by atoms with van der Waals surface area (Å²) in [7, 11) is 0. The first-order chi connectivity index (χ1) is 15.2. The highest BCUT2D eigenvalue weighted by Crippen LogP contribution is 2.54.